The van der Waals surface area contributed by atoms with E-state index in [0.717, 1.165) is 0 Å². The summed E-state index contributed by atoms with van der Waals surface area (Å²) in [4.78, 5) is 103. The predicted molar refractivity (Wildman–Crippen MR) is 30.4 cm³/mol. The Bertz CT molecular complexity index is 292. The van der Waals surface area contributed by atoms with Crippen LogP contribution in [0.5, 0.6) is 0 Å². The molecule has 0 aromatic heterocycles. The van der Waals surface area contributed by atoms with Crippen LogP contribution in [0.4, 0.5) is 0 Å². The summed E-state index contributed by atoms with van der Waals surface area (Å²) in [6.07, 6.45) is 0. The fraction of sp³-hybridized carbons (Fsp3) is 0. The average molecular weight is 951 g/mol. The van der Waals surface area contributed by atoms with Crippen LogP contribution in [-0.4, -0.2) is 0 Å². The van der Waals surface area contributed by atoms with Gasteiger partial charge in [-0.3, -0.25) is 0 Å². The fourth-order valence-corrected chi connectivity index (χ4v) is 0. The summed E-state index contributed by atoms with van der Waals surface area (Å²) in [5, 5.41) is 0. The molecule has 23 heavy (non-hydrogen) atoms. The van der Waals surface area contributed by atoms with E-state index < -0.39 is 31.3 Å². The first-order chi connectivity index (χ1) is 8.00. The summed E-state index contributed by atoms with van der Waals surface area (Å²) in [5.74, 6) is 0. The topological polar surface area (TPSA) is 345 Å². The number of rotatable bonds is 0. The van der Waals surface area contributed by atoms with Crippen molar-refractivity contribution in [2.24, 2.45) is 0 Å². The molecule has 0 aromatic carbocycles. The first-order valence-corrected chi connectivity index (χ1v) is 8.76. The molecule has 0 aromatic rings. The monoisotopic (exact) mass is 956 g/mol. The molecule has 0 aliphatic rings. The number of hydrogen-bond donors (Lipinski definition) is 0. The molecule has 0 radical (unpaired) electrons. The van der Waals surface area contributed by atoms with Crippen molar-refractivity contribution in [2.75, 3.05) is 0 Å². The minimum absolute atomic E-state index is 0. The standard InChI is InChI=1S/4H3O4P.3Os/c4*1-5(2,3)4;;;/h4*(H3,1,2,3,4);;;/q;;;;3*+4/p-12. The molecule has 0 aliphatic carbocycles. The minimum Gasteiger partial charge on any atom is -0.822 e. The van der Waals surface area contributed by atoms with Crippen LogP contribution >= 0.6 is 31.3 Å². The maximum atomic E-state index is 8.55. The SMILES string of the molecule is O=P([O-])([O-])[O-].O=P([O-])([O-])[O-].O=P([O-])([O-])[O-].O=P([O-])([O-])[O-].[Os+4].[Os+4].[Os+4]. The Morgan fingerprint density at radius 2 is 0.304 bits per heavy atom. The third kappa shape index (κ3) is 2200. The van der Waals surface area contributed by atoms with Crippen molar-refractivity contribution in [2.45, 2.75) is 0 Å². The van der Waals surface area contributed by atoms with Gasteiger partial charge in [0, 0.05) is 0 Å². The van der Waals surface area contributed by atoms with Crippen LogP contribution < -0.4 is 58.7 Å². The fourth-order valence-electron chi connectivity index (χ4n) is 0. The molecule has 0 aliphatic heterocycles. The van der Waals surface area contributed by atoms with E-state index in [0.29, 0.717) is 0 Å². The van der Waals surface area contributed by atoms with Gasteiger partial charge in [-0.05, 0) is 0 Å². The summed E-state index contributed by atoms with van der Waals surface area (Å²) in [6, 6.07) is 0. The van der Waals surface area contributed by atoms with Crippen molar-refractivity contribution >= 4 is 31.3 Å². The molecular formula is O16Os3P4. The van der Waals surface area contributed by atoms with Crippen molar-refractivity contribution in [3.63, 3.8) is 0 Å². The molecular weight excluding hydrogens is 951 g/mol. The molecule has 0 unspecified atom stereocenters. The van der Waals surface area contributed by atoms with E-state index in [9.17, 15) is 0 Å². The van der Waals surface area contributed by atoms with E-state index in [1.807, 2.05) is 0 Å². The zero-order chi connectivity index (χ0) is 18.0. The molecule has 0 fully saturated rings. The first-order valence-electron chi connectivity index (χ1n) is 2.92. The molecule has 0 saturated heterocycles. The van der Waals surface area contributed by atoms with Crippen LogP contribution in [-0.2, 0) is 77.6 Å². The van der Waals surface area contributed by atoms with Gasteiger partial charge in [0.25, 0.3) is 0 Å². The van der Waals surface area contributed by atoms with Crippen LogP contribution in [0.2, 0.25) is 0 Å². The van der Waals surface area contributed by atoms with Gasteiger partial charge < -0.3 is 77.0 Å². The smallest absolute Gasteiger partial charge is 0.822 e. The second kappa shape index (κ2) is 19.1. The van der Waals surface area contributed by atoms with Gasteiger partial charge in [-0.25, -0.2) is 0 Å². The molecule has 140 valence electrons. The second-order valence-corrected chi connectivity index (χ2v) is 5.37. The molecule has 0 N–H and O–H groups in total. The van der Waals surface area contributed by atoms with E-state index in [-0.39, 0.29) is 59.4 Å². The molecule has 0 rings (SSSR count). The molecule has 0 amide bonds. The molecule has 0 bridgehead atoms. The van der Waals surface area contributed by atoms with E-state index in [2.05, 4.69) is 0 Å². The van der Waals surface area contributed by atoms with Crippen LogP contribution in [0, 0.1) is 0 Å². The zero-order valence-electron chi connectivity index (χ0n) is 9.38. The Morgan fingerprint density at radius 3 is 0.304 bits per heavy atom. The number of phosphoric acid groups is 4. The molecule has 0 saturated carbocycles. The van der Waals surface area contributed by atoms with Gasteiger partial charge in [-0.1, -0.05) is 0 Å². The van der Waals surface area contributed by atoms with Crippen LogP contribution in [0.3, 0.4) is 0 Å². The second-order valence-electron chi connectivity index (χ2n) is 1.79. The van der Waals surface area contributed by atoms with Crippen LogP contribution in [0.1, 0.15) is 0 Å². The van der Waals surface area contributed by atoms with Crippen molar-refractivity contribution in [3.05, 3.63) is 0 Å². The maximum absolute atomic E-state index is 8.55. The quantitative estimate of drug-likeness (QED) is 0.204. The van der Waals surface area contributed by atoms with Crippen molar-refractivity contribution < 1.29 is 136 Å². The minimum atomic E-state index is -5.39. The maximum Gasteiger partial charge on any atom is 4.00 e. The third-order valence-corrected chi connectivity index (χ3v) is 0. The van der Waals surface area contributed by atoms with Crippen molar-refractivity contribution in [1.29, 1.82) is 0 Å². The van der Waals surface area contributed by atoms with Gasteiger partial charge in [-0.2, -0.15) is 31.3 Å². The van der Waals surface area contributed by atoms with Crippen molar-refractivity contribution in [1.82, 2.24) is 0 Å². The molecule has 23 heteroatoms. The summed E-state index contributed by atoms with van der Waals surface area (Å²) >= 11 is 0. The molecule has 0 heterocycles. The Kier molecular flexibility index (Phi) is 37.1. The van der Waals surface area contributed by atoms with Gasteiger partial charge in [-0.15, -0.1) is 0 Å². The number of hydrogen-bond acceptors (Lipinski definition) is 16. The van der Waals surface area contributed by atoms with E-state index in [4.69, 9.17) is 77.0 Å². The first kappa shape index (κ1) is 44.6. The van der Waals surface area contributed by atoms with Gasteiger partial charge in [0.15, 0.2) is 0 Å². The van der Waals surface area contributed by atoms with Gasteiger partial charge >= 0.3 is 59.4 Å². The Hall–Kier alpha value is 2.35. The Balaban J connectivity index is -0.0000000284. The van der Waals surface area contributed by atoms with E-state index in [1.54, 1.807) is 0 Å². The normalized spacial score (nSPS) is 10.3. The van der Waals surface area contributed by atoms with Crippen LogP contribution in [0.25, 0.3) is 0 Å². The van der Waals surface area contributed by atoms with Gasteiger partial charge in [0.05, 0.1) is 0 Å². The van der Waals surface area contributed by atoms with E-state index in [1.165, 1.54) is 0 Å². The molecule has 16 nitrogen and oxygen atoms in total. The largest absolute Gasteiger partial charge is 4.00 e. The molecule has 0 spiro atoms. The zero-order valence-corrected chi connectivity index (χ0v) is 20.6. The Labute approximate surface area is 167 Å². The molecule has 0 atom stereocenters. The average Bonchev–Trinajstić information content (AvgIpc) is 1.62. The van der Waals surface area contributed by atoms with Crippen molar-refractivity contribution in [3.8, 4) is 0 Å². The summed E-state index contributed by atoms with van der Waals surface area (Å²) in [5.41, 5.74) is 0. The van der Waals surface area contributed by atoms with E-state index >= 15 is 0 Å². The van der Waals surface area contributed by atoms with Crippen LogP contribution in [0.15, 0.2) is 0 Å². The summed E-state index contributed by atoms with van der Waals surface area (Å²) in [7, 11) is -21.6. The predicted octanol–water partition coefficient (Wildman–Crippen LogP) is -11.3. The Morgan fingerprint density at radius 1 is 0.304 bits per heavy atom. The summed E-state index contributed by atoms with van der Waals surface area (Å²) < 4.78 is 34.2. The summed E-state index contributed by atoms with van der Waals surface area (Å²) in [6.45, 7) is 0. The van der Waals surface area contributed by atoms with Gasteiger partial charge in [0.2, 0.25) is 0 Å². The third-order valence-electron chi connectivity index (χ3n) is 0. The van der Waals surface area contributed by atoms with Gasteiger partial charge in [0.1, 0.15) is 0 Å².